The quantitative estimate of drug-likeness (QED) is 0.774. The van der Waals surface area contributed by atoms with Crippen molar-refractivity contribution >= 4 is 34.8 Å². The lowest BCUT2D eigenvalue weighted by Gasteiger charge is -2.33. The first kappa shape index (κ1) is 16.7. The van der Waals surface area contributed by atoms with Gasteiger partial charge in [-0.15, -0.1) is 0 Å². The van der Waals surface area contributed by atoms with Crippen molar-refractivity contribution in [2.45, 2.75) is 25.4 Å². The summed E-state index contributed by atoms with van der Waals surface area (Å²) in [7, 11) is 0. The highest BCUT2D eigenvalue weighted by molar-refractivity contribution is 6.31. The maximum atomic E-state index is 12.5. The maximum absolute atomic E-state index is 12.5. The van der Waals surface area contributed by atoms with Crippen molar-refractivity contribution in [3.8, 4) is 5.75 Å². The van der Waals surface area contributed by atoms with Crippen molar-refractivity contribution in [2.24, 2.45) is 0 Å². The van der Waals surface area contributed by atoms with Crippen LogP contribution in [0.15, 0.2) is 36.4 Å². The zero-order valence-electron chi connectivity index (χ0n) is 14.0. The van der Waals surface area contributed by atoms with Gasteiger partial charge in [-0.1, -0.05) is 17.7 Å². The monoisotopic (exact) mass is 371 g/mol. The van der Waals surface area contributed by atoms with E-state index in [-0.39, 0.29) is 30.2 Å². The zero-order valence-corrected chi connectivity index (χ0v) is 14.7. The highest BCUT2D eigenvalue weighted by Crippen LogP contribution is 2.37. The summed E-state index contributed by atoms with van der Waals surface area (Å²) in [6, 6.07) is 9.88. The van der Waals surface area contributed by atoms with E-state index in [1.807, 2.05) is 6.07 Å². The van der Waals surface area contributed by atoms with Gasteiger partial charge in [0, 0.05) is 23.7 Å². The van der Waals surface area contributed by atoms with Gasteiger partial charge < -0.3 is 20.6 Å². The lowest BCUT2D eigenvalue weighted by molar-refractivity contribution is -0.117. The Balaban J connectivity index is 1.50. The molecule has 0 spiro atoms. The van der Waals surface area contributed by atoms with Crippen LogP contribution in [0.25, 0.3) is 0 Å². The van der Waals surface area contributed by atoms with Crippen molar-refractivity contribution in [2.75, 3.05) is 16.8 Å². The molecule has 0 aliphatic carbocycles. The Bertz CT molecular complexity index is 900. The molecule has 0 radical (unpaired) electrons. The lowest BCUT2D eigenvalue weighted by Crippen LogP contribution is -2.44. The molecule has 2 aliphatic heterocycles. The zero-order chi connectivity index (χ0) is 18.3. The summed E-state index contributed by atoms with van der Waals surface area (Å²) < 4.78 is 0. The Morgan fingerprint density at radius 1 is 1.31 bits per heavy atom. The third-order valence-electron chi connectivity index (χ3n) is 4.86. The molecule has 2 aliphatic rings. The third-order valence-corrected chi connectivity index (χ3v) is 5.21. The molecule has 26 heavy (non-hydrogen) atoms. The van der Waals surface area contributed by atoms with Crippen LogP contribution in [0.2, 0.25) is 5.02 Å². The second-order valence-corrected chi connectivity index (χ2v) is 6.94. The number of carbonyl (C=O) groups excluding carboxylic acids is 2. The first-order valence-corrected chi connectivity index (χ1v) is 8.88. The van der Waals surface area contributed by atoms with Crippen LogP contribution in [0, 0.1) is 0 Å². The fraction of sp³-hybridized carbons (Fsp3) is 0.263. The minimum atomic E-state index is -0.255. The van der Waals surface area contributed by atoms with E-state index >= 15 is 0 Å². The van der Waals surface area contributed by atoms with Crippen LogP contribution in [0.4, 0.5) is 11.4 Å². The number of aromatic hydroxyl groups is 1. The molecule has 6 nitrogen and oxygen atoms in total. The molecule has 4 rings (SSSR count). The van der Waals surface area contributed by atoms with Gasteiger partial charge in [-0.25, -0.2) is 0 Å². The van der Waals surface area contributed by atoms with Crippen molar-refractivity contribution in [3.63, 3.8) is 0 Å². The predicted molar refractivity (Wildman–Crippen MR) is 99.7 cm³/mol. The molecule has 2 heterocycles. The van der Waals surface area contributed by atoms with E-state index in [0.29, 0.717) is 21.8 Å². The second-order valence-electron chi connectivity index (χ2n) is 6.53. The van der Waals surface area contributed by atoms with Crippen molar-refractivity contribution in [3.05, 3.63) is 52.5 Å². The molecular formula is C19H18ClN3O3. The molecule has 1 saturated heterocycles. The fourth-order valence-electron chi connectivity index (χ4n) is 3.53. The van der Waals surface area contributed by atoms with Gasteiger partial charge >= 0.3 is 0 Å². The van der Waals surface area contributed by atoms with E-state index in [0.717, 1.165) is 25.1 Å². The highest BCUT2D eigenvalue weighted by atomic mass is 35.5. The van der Waals surface area contributed by atoms with Gasteiger partial charge in [0.15, 0.2) is 0 Å². The molecule has 0 saturated carbocycles. The number of phenolic OH excluding ortho intramolecular Hbond substituents is 1. The molecule has 3 N–H and O–H groups in total. The average Bonchev–Trinajstić information content (AvgIpc) is 3.11. The maximum Gasteiger partial charge on any atom is 0.251 e. The number of hydrogen-bond donors (Lipinski definition) is 3. The van der Waals surface area contributed by atoms with Gasteiger partial charge in [0.25, 0.3) is 5.91 Å². The molecule has 134 valence electrons. The summed E-state index contributed by atoms with van der Waals surface area (Å²) in [5.74, 6) is -0.186. The van der Waals surface area contributed by atoms with E-state index in [9.17, 15) is 14.7 Å². The molecule has 0 aromatic heterocycles. The second kappa shape index (κ2) is 6.53. The summed E-state index contributed by atoms with van der Waals surface area (Å²) in [4.78, 5) is 26.8. The van der Waals surface area contributed by atoms with Crippen LogP contribution in [0.1, 0.15) is 28.8 Å². The number of hydrogen-bond acceptors (Lipinski definition) is 4. The fourth-order valence-corrected chi connectivity index (χ4v) is 3.77. The Morgan fingerprint density at radius 2 is 2.15 bits per heavy atom. The van der Waals surface area contributed by atoms with E-state index in [1.54, 1.807) is 18.2 Å². The number of nitrogens with zero attached hydrogens (tertiary/aromatic N) is 1. The molecule has 7 heteroatoms. The van der Waals surface area contributed by atoms with Crippen LogP contribution in [-0.4, -0.2) is 29.5 Å². The van der Waals surface area contributed by atoms with Gasteiger partial charge in [-0.3, -0.25) is 9.59 Å². The van der Waals surface area contributed by atoms with E-state index in [1.165, 1.54) is 12.1 Å². The standard InChI is InChI=1S/C19H18ClN3O3/c20-14-9-13(24)5-3-12(14)10-21-18(25)11-4-6-16-15(8-11)22-19(26)17-2-1-7-23(16)17/h3-6,8-9,17,24H,1-2,7,10H2,(H,21,25)(H,22,26). The van der Waals surface area contributed by atoms with Gasteiger partial charge in [-0.2, -0.15) is 0 Å². The van der Waals surface area contributed by atoms with Gasteiger partial charge in [-0.05, 0) is 48.7 Å². The molecule has 2 aromatic carbocycles. The molecule has 1 fully saturated rings. The summed E-state index contributed by atoms with van der Waals surface area (Å²) in [6.07, 6.45) is 1.86. The van der Waals surface area contributed by atoms with Crippen LogP contribution in [-0.2, 0) is 11.3 Å². The minimum Gasteiger partial charge on any atom is -0.508 e. The Labute approximate surface area is 155 Å². The first-order chi connectivity index (χ1) is 12.5. The normalized spacial score (nSPS) is 18.1. The summed E-state index contributed by atoms with van der Waals surface area (Å²) >= 11 is 6.06. The highest BCUT2D eigenvalue weighted by Gasteiger charge is 2.36. The largest absolute Gasteiger partial charge is 0.508 e. The van der Waals surface area contributed by atoms with Crippen LogP contribution in [0.5, 0.6) is 5.75 Å². The smallest absolute Gasteiger partial charge is 0.251 e. The van der Waals surface area contributed by atoms with Gasteiger partial charge in [0.05, 0.1) is 11.4 Å². The summed E-state index contributed by atoms with van der Waals surface area (Å²) in [5.41, 5.74) is 2.81. The minimum absolute atomic E-state index is 0.0107. The third kappa shape index (κ3) is 2.97. The number of nitrogens with one attached hydrogen (secondary N) is 2. The SMILES string of the molecule is O=C(NCc1ccc(O)cc1Cl)c1ccc2c(c1)NC(=O)C1CCCN21. The number of rotatable bonds is 3. The number of benzene rings is 2. The number of anilines is 2. The van der Waals surface area contributed by atoms with Gasteiger partial charge in [0.2, 0.25) is 5.91 Å². The lowest BCUT2D eigenvalue weighted by atomic mass is 10.1. The van der Waals surface area contributed by atoms with Crippen LogP contribution >= 0.6 is 11.6 Å². The van der Waals surface area contributed by atoms with E-state index in [4.69, 9.17) is 11.6 Å². The predicted octanol–water partition coefficient (Wildman–Crippen LogP) is 2.90. The van der Waals surface area contributed by atoms with E-state index < -0.39 is 0 Å². The Hall–Kier alpha value is -2.73. The summed E-state index contributed by atoms with van der Waals surface area (Å²) in [5, 5.41) is 15.5. The number of carbonyl (C=O) groups is 2. The number of phenols is 1. The van der Waals surface area contributed by atoms with Crippen molar-refractivity contribution in [1.29, 1.82) is 0 Å². The first-order valence-electron chi connectivity index (χ1n) is 8.50. The van der Waals surface area contributed by atoms with Crippen LogP contribution in [0.3, 0.4) is 0 Å². The number of amides is 2. The molecule has 0 bridgehead atoms. The Morgan fingerprint density at radius 3 is 2.96 bits per heavy atom. The van der Waals surface area contributed by atoms with Gasteiger partial charge in [0.1, 0.15) is 11.8 Å². The van der Waals surface area contributed by atoms with Crippen molar-refractivity contribution in [1.82, 2.24) is 5.32 Å². The van der Waals surface area contributed by atoms with E-state index in [2.05, 4.69) is 15.5 Å². The summed E-state index contributed by atoms with van der Waals surface area (Å²) in [6.45, 7) is 1.10. The average molecular weight is 372 g/mol. The van der Waals surface area contributed by atoms with Crippen LogP contribution < -0.4 is 15.5 Å². The number of halogens is 1. The molecule has 1 atom stereocenters. The topological polar surface area (TPSA) is 81.7 Å². The number of fused-ring (bicyclic) bond motifs is 3. The van der Waals surface area contributed by atoms with Crippen molar-refractivity contribution < 1.29 is 14.7 Å². The molecule has 1 unspecified atom stereocenters. The molecule has 2 amide bonds. The Kier molecular flexibility index (Phi) is 4.20. The molecular weight excluding hydrogens is 354 g/mol. The molecule has 2 aromatic rings.